The SMILES string of the molecule is O=C(O)c1ccc(Br)c(N2C(=O)C3CCC(C3)C2=O)c1. The molecular formula is C14H12BrNO4. The number of carboxylic acid groups (broad SMARTS) is 1. The Morgan fingerprint density at radius 1 is 1.20 bits per heavy atom. The molecule has 1 heterocycles. The first-order chi connectivity index (χ1) is 9.49. The number of fused-ring (bicyclic) bond motifs is 2. The number of amides is 2. The monoisotopic (exact) mass is 337 g/mol. The second-order valence-corrected chi connectivity index (χ2v) is 6.04. The molecule has 1 aromatic rings. The van der Waals surface area contributed by atoms with Gasteiger partial charge in [-0.3, -0.25) is 9.59 Å². The molecule has 0 spiro atoms. The second-order valence-electron chi connectivity index (χ2n) is 5.19. The van der Waals surface area contributed by atoms with Crippen molar-refractivity contribution < 1.29 is 19.5 Å². The molecule has 2 fully saturated rings. The highest BCUT2D eigenvalue weighted by atomic mass is 79.9. The third-order valence-electron chi connectivity index (χ3n) is 4.01. The lowest BCUT2D eigenvalue weighted by Crippen LogP contribution is -2.46. The van der Waals surface area contributed by atoms with Gasteiger partial charge in [-0.2, -0.15) is 0 Å². The van der Waals surface area contributed by atoms with Crippen LogP contribution in [0.15, 0.2) is 22.7 Å². The van der Waals surface area contributed by atoms with Crippen molar-refractivity contribution in [2.45, 2.75) is 19.3 Å². The van der Waals surface area contributed by atoms with Crippen LogP contribution >= 0.6 is 15.9 Å². The van der Waals surface area contributed by atoms with Crippen molar-refractivity contribution in [1.29, 1.82) is 0 Å². The third kappa shape index (κ3) is 1.95. The molecule has 1 aliphatic carbocycles. The average Bonchev–Trinajstić information content (AvgIpc) is 2.85. The minimum atomic E-state index is -1.08. The molecule has 1 aromatic carbocycles. The van der Waals surface area contributed by atoms with Gasteiger partial charge in [0.25, 0.3) is 0 Å². The number of halogens is 1. The van der Waals surface area contributed by atoms with Crippen molar-refractivity contribution in [2.24, 2.45) is 11.8 Å². The molecule has 2 bridgehead atoms. The molecule has 2 aliphatic rings. The lowest BCUT2D eigenvalue weighted by Gasteiger charge is -2.30. The van der Waals surface area contributed by atoms with Gasteiger partial charge in [-0.05, 0) is 53.4 Å². The number of anilines is 1. The Morgan fingerprint density at radius 2 is 1.80 bits per heavy atom. The lowest BCUT2D eigenvalue weighted by atomic mass is 9.96. The van der Waals surface area contributed by atoms with E-state index in [1.54, 1.807) is 6.07 Å². The molecule has 20 heavy (non-hydrogen) atoms. The van der Waals surface area contributed by atoms with E-state index in [4.69, 9.17) is 5.11 Å². The number of hydrogen-bond acceptors (Lipinski definition) is 3. The maximum atomic E-state index is 12.4. The van der Waals surface area contributed by atoms with Crippen LogP contribution in [-0.2, 0) is 9.59 Å². The summed E-state index contributed by atoms with van der Waals surface area (Å²) in [4.78, 5) is 36.9. The minimum Gasteiger partial charge on any atom is -0.478 e. The van der Waals surface area contributed by atoms with Crippen LogP contribution in [0.1, 0.15) is 29.6 Å². The fourth-order valence-corrected chi connectivity index (χ4v) is 3.38. The average molecular weight is 338 g/mol. The van der Waals surface area contributed by atoms with Gasteiger partial charge in [0.15, 0.2) is 0 Å². The normalized spacial score (nSPS) is 25.1. The summed E-state index contributed by atoms with van der Waals surface area (Å²) in [6, 6.07) is 4.35. The number of imide groups is 1. The standard InChI is InChI=1S/C14H12BrNO4/c15-10-4-3-9(14(19)20)6-11(10)16-12(17)7-1-2-8(5-7)13(16)18/h3-4,6-8H,1-2,5H2,(H,19,20). The molecule has 0 aromatic heterocycles. The van der Waals surface area contributed by atoms with Crippen molar-refractivity contribution in [2.75, 3.05) is 4.90 Å². The first-order valence-corrected chi connectivity index (χ1v) is 7.19. The molecule has 1 saturated heterocycles. The molecule has 2 atom stereocenters. The summed E-state index contributed by atoms with van der Waals surface area (Å²) in [5, 5.41) is 9.04. The Labute approximate surface area is 123 Å². The van der Waals surface area contributed by atoms with Crippen LogP contribution < -0.4 is 4.90 Å². The van der Waals surface area contributed by atoms with Gasteiger partial charge in [-0.1, -0.05) is 0 Å². The first-order valence-electron chi connectivity index (χ1n) is 6.39. The van der Waals surface area contributed by atoms with Gasteiger partial charge in [-0.25, -0.2) is 9.69 Å². The van der Waals surface area contributed by atoms with Gasteiger partial charge in [0, 0.05) is 16.3 Å². The van der Waals surface area contributed by atoms with Crippen LogP contribution in [0.2, 0.25) is 0 Å². The van der Waals surface area contributed by atoms with Gasteiger partial charge in [-0.15, -0.1) is 0 Å². The summed E-state index contributed by atoms with van der Waals surface area (Å²) < 4.78 is 0.547. The van der Waals surface area contributed by atoms with Crippen LogP contribution in [0.5, 0.6) is 0 Å². The summed E-state index contributed by atoms with van der Waals surface area (Å²) in [5.74, 6) is -1.74. The number of nitrogens with zero attached hydrogens (tertiary/aromatic N) is 1. The van der Waals surface area contributed by atoms with E-state index in [0.717, 1.165) is 17.7 Å². The zero-order valence-electron chi connectivity index (χ0n) is 10.5. The van der Waals surface area contributed by atoms with E-state index in [2.05, 4.69) is 15.9 Å². The predicted octanol–water partition coefficient (Wildman–Crippen LogP) is 2.44. The van der Waals surface area contributed by atoms with E-state index < -0.39 is 5.97 Å². The van der Waals surface area contributed by atoms with E-state index in [-0.39, 0.29) is 29.2 Å². The summed E-state index contributed by atoms with van der Waals surface area (Å²) in [6.07, 6.45) is 2.11. The number of aromatic carboxylic acids is 1. The highest BCUT2D eigenvalue weighted by Gasteiger charge is 2.46. The predicted molar refractivity (Wildman–Crippen MR) is 74.4 cm³/mol. The van der Waals surface area contributed by atoms with E-state index in [0.29, 0.717) is 16.6 Å². The maximum absolute atomic E-state index is 12.4. The highest BCUT2D eigenvalue weighted by Crippen LogP contribution is 2.41. The molecule has 2 unspecified atom stereocenters. The molecule has 2 amide bonds. The topological polar surface area (TPSA) is 74.7 Å². The van der Waals surface area contributed by atoms with Crippen molar-refractivity contribution in [3.8, 4) is 0 Å². The van der Waals surface area contributed by atoms with E-state index in [1.165, 1.54) is 12.1 Å². The van der Waals surface area contributed by atoms with Crippen molar-refractivity contribution >= 4 is 39.4 Å². The first kappa shape index (κ1) is 13.3. The number of piperidine rings is 1. The van der Waals surface area contributed by atoms with Crippen LogP contribution in [0.3, 0.4) is 0 Å². The summed E-state index contributed by atoms with van der Waals surface area (Å²) in [5.41, 5.74) is 0.387. The maximum Gasteiger partial charge on any atom is 0.335 e. The summed E-state index contributed by atoms with van der Waals surface area (Å²) in [7, 11) is 0. The molecule has 0 radical (unpaired) electrons. The number of rotatable bonds is 2. The zero-order chi connectivity index (χ0) is 14.4. The number of carboxylic acids is 1. The zero-order valence-corrected chi connectivity index (χ0v) is 12.1. The fourth-order valence-electron chi connectivity index (χ4n) is 2.96. The molecule has 1 saturated carbocycles. The Hall–Kier alpha value is -1.69. The van der Waals surface area contributed by atoms with Crippen LogP contribution in [0, 0.1) is 11.8 Å². The van der Waals surface area contributed by atoms with Gasteiger partial charge >= 0.3 is 5.97 Å². The van der Waals surface area contributed by atoms with Crippen molar-refractivity contribution in [1.82, 2.24) is 0 Å². The van der Waals surface area contributed by atoms with Crippen molar-refractivity contribution in [3.63, 3.8) is 0 Å². The van der Waals surface area contributed by atoms with Crippen LogP contribution in [0.4, 0.5) is 5.69 Å². The summed E-state index contributed by atoms with van der Waals surface area (Å²) >= 11 is 3.29. The summed E-state index contributed by atoms with van der Waals surface area (Å²) in [6.45, 7) is 0. The minimum absolute atomic E-state index is 0.0571. The van der Waals surface area contributed by atoms with Crippen LogP contribution in [-0.4, -0.2) is 22.9 Å². The Morgan fingerprint density at radius 3 is 2.35 bits per heavy atom. The van der Waals surface area contributed by atoms with Gasteiger partial charge in [0.2, 0.25) is 11.8 Å². The molecular weight excluding hydrogens is 326 g/mol. The molecule has 3 rings (SSSR count). The van der Waals surface area contributed by atoms with E-state index in [1.807, 2.05) is 0 Å². The van der Waals surface area contributed by atoms with E-state index in [9.17, 15) is 14.4 Å². The third-order valence-corrected chi connectivity index (χ3v) is 4.68. The fraction of sp³-hybridized carbons (Fsp3) is 0.357. The number of hydrogen-bond donors (Lipinski definition) is 1. The number of carbonyl (C=O) groups excluding carboxylic acids is 2. The molecule has 104 valence electrons. The second kappa shape index (κ2) is 4.70. The van der Waals surface area contributed by atoms with Gasteiger partial charge < -0.3 is 5.11 Å². The Kier molecular flexibility index (Phi) is 3.12. The highest BCUT2D eigenvalue weighted by molar-refractivity contribution is 9.10. The van der Waals surface area contributed by atoms with E-state index >= 15 is 0 Å². The Bertz CT molecular complexity index is 606. The van der Waals surface area contributed by atoms with Crippen LogP contribution in [0.25, 0.3) is 0 Å². The number of benzene rings is 1. The lowest BCUT2D eigenvalue weighted by molar-refractivity contribution is -0.133. The molecule has 5 nitrogen and oxygen atoms in total. The van der Waals surface area contributed by atoms with Gasteiger partial charge in [0.1, 0.15) is 0 Å². The largest absolute Gasteiger partial charge is 0.478 e. The quantitative estimate of drug-likeness (QED) is 0.841. The smallest absolute Gasteiger partial charge is 0.335 e. The Balaban J connectivity index is 2.07. The van der Waals surface area contributed by atoms with Crippen molar-refractivity contribution in [3.05, 3.63) is 28.2 Å². The molecule has 6 heteroatoms. The van der Waals surface area contributed by atoms with Gasteiger partial charge in [0.05, 0.1) is 11.3 Å². The molecule has 1 N–H and O–H groups in total. The number of carbonyl (C=O) groups is 3. The molecule has 1 aliphatic heterocycles.